The summed E-state index contributed by atoms with van der Waals surface area (Å²) in [5.74, 6) is -1.12. The molecular formula is C14H26O5. The van der Waals surface area contributed by atoms with Gasteiger partial charge in [-0.05, 0) is 32.6 Å². The molecule has 1 heterocycles. The SMILES string of the molecule is CC=COCCCC1(OC)CCCOC1(OC)OC. The Labute approximate surface area is 115 Å². The maximum Gasteiger partial charge on any atom is 0.313 e. The summed E-state index contributed by atoms with van der Waals surface area (Å²) >= 11 is 0. The zero-order valence-electron chi connectivity index (χ0n) is 12.4. The topological polar surface area (TPSA) is 46.2 Å². The molecule has 1 fully saturated rings. The summed E-state index contributed by atoms with van der Waals surface area (Å²) in [6, 6.07) is 0. The van der Waals surface area contributed by atoms with Crippen LogP contribution in [0.3, 0.4) is 0 Å². The van der Waals surface area contributed by atoms with Gasteiger partial charge in [-0.3, -0.25) is 0 Å². The highest BCUT2D eigenvalue weighted by Crippen LogP contribution is 2.42. The van der Waals surface area contributed by atoms with Gasteiger partial charge in [0, 0.05) is 21.3 Å². The first kappa shape index (κ1) is 16.4. The Morgan fingerprint density at radius 3 is 2.47 bits per heavy atom. The third-order valence-electron chi connectivity index (χ3n) is 3.58. The molecular weight excluding hydrogens is 248 g/mol. The molecule has 112 valence electrons. The molecule has 1 aliphatic rings. The second-order valence-electron chi connectivity index (χ2n) is 4.56. The molecule has 1 rings (SSSR count). The lowest BCUT2D eigenvalue weighted by Crippen LogP contribution is -2.62. The van der Waals surface area contributed by atoms with Crippen molar-refractivity contribution in [1.29, 1.82) is 0 Å². The molecule has 5 heteroatoms. The number of allylic oxidation sites excluding steroid dienone is 1. The van der Waals surface area contributed by atoms with E-state index in [2.05, 4.69) is 0 Å². The van der Waals surface area contributed by atoms with Gasteiger partial charge in [0.25, 0.3) is 0 Å². The Bertz CT molecular complexity index is 275. The Hall–Kier alpha value is -0.620. The summed E-state index contributed by atoms with van der Waals surface area (Å²) in [5.41, 5.74) is -0.589. The minimum atomic E-state index is -1.12. The monoisotopic (exact) mass is 274 g/mol. The Kier molecular flexibility index (Phi) is 6.79. The number of ether oxygens (including phenoxy) is 5. The summed E-state index contributed by atoms with van der Waals surface area (Å²) in [6.45, 7) is 3.17. The Morgan fingerprint density at radius 1 is 1.16 bits per heavy atom. The van der Waals surface area contributed by atoms with Crippen LogP contribution in [0.15, 0.2) is 12.3 Å². The standard InChI is InChI=1S/C14H26O5/c1-5-10-18-11-6-8-13(15-2)9-7-12-19-14(13,16-3)17-4/h5,10H,6-9,11-12H2,1-4H3. The molecule has 0 aromatic rings. The van der Waals surface area contributed by atoms with Crippen LogP contribution in [0.25, 0.3) is 0 Å². The van der Waals surface area contributed by atoms with E-state index in [1.807, 2.05) is 13.0 Å². The molecule has 0 aromatic heterocycles. The summed E-state index contributed by atoms with van der Waals surface area (Å²) in [4.78, 5) is 0. The fourth-order valence-corrected chi connectivity index (χ4v) is 2.63. The van der Waals surface area contributed by atoms with Crippen LogP contribution in [0, 0.1) is 0 Å². The van der Waals surface area contributed by atoms with E-state index in [1.54, 1.807) is 27.6 Å². The predicted octanol–water partition coefficient (Wildman–Crippen LogP) is 2.46. The van der Waals surface area contributed by atoms with E-state index in [1.165, 1.54) is 0 Å². The minimum Gasteiger partial charge on any atom is -0.502 e. The molecule has 1 atom stereocenters. The molecule has 0 aliphatic carbocycles. The van der Waals surface area contributed by atoms with Gasteiger partial charge in [0.1, 0.15) is 5.60 Å². The first-order valence-electron chi connectivity index (χ1n) is 6.72. The molecule has 0 saturated carbocycles. The Morgan fingerprint density at radius 2 is 1.89 bits per heavy atom. The third-order valence-corrected chi connectivity index (χ3v) is 3.58. The second kappa shape index (κ2) is 7.85. The van der Waals surface area contributed by atoms with Crippen molar-refractivity contribution in [2.75, 3.05) is 34.5 Å². The molecule has 5 nitrogen and oxygen atoms in total. The fourth-order valence-electron chi connectivity index (χ4n) is 2.63. The highest BCUT2D eigenvalue weighted by Gasteiger charge is 2.56. The maximum absolute atomic E-state index is 5.73. The van der Waals surface area contributed by atoms with E-state index in [9.17, 15) is 0 Å². The average molecular weight is 274 g/mol. The summed E-state index contributed by atoms with van der Waals surface area (Å²) in [5, 5.41) is 0. The summed E-state index contributed by atoms with van der Waals surface area (Å²) in [7, 11) is 4.84. The van der Waals surface area contributed by atoms with Crippen molar-refractivity contribution < 1.29 is 23.7 Å². The molecule has 0 N–H and O–H groups in total. The largest absolute Gasteiger partial charge is 0.502 e. The number of hydrogen-bond donors (Lipinski definition) is 0. The number of rotatable bonds is 8. The van der Waals surface area contributed by atoms with Crippen molar-refractivity contribution in [2.24, 2.45) is 0 Å². The number of hydrogen-bond acceptors (Lipinski definition) is 5. The molecule has 19 heavy (non-hydrogen) atoms. The maximum atomic E-state index is 5.73. The highest BCUT2D eigenvalue weighted by molar-refractivity contribution is 4.93. The van der Waals surface area contributed by atoms with Crippen molar-refractivity contribution in [3.8, 4) is 0 Å². The van der Waals surface area contributed by atoms with Crippen LogP contribution in [-0.2, 0) is 23.7 Å². The van der Waals surface area contributed by atoms with Gasteiger partial charge in [-0.15, -0.1) is 0 Å². The third kappa shape index (κ3) is 3.48. The first-order chi connectivity index (χ1) is 9.20. The van der Waals surface area contributed by atoms with Gasteiger partial charge >= 0.3 is 5.97 Å². The van der Waals surface area contributed by atoms with Crippen LogP contribution in [-0.4, -0.2) is 46.1 Å². The second-order valence-corrected chi connectivity index (χ2v) is 4.56. The zero-order valence-corrected chi connectivity index (χ0v) is 12.4. The lowest BCUT2D eigenvalue weighted by Gasteiger charge is -2.49. The van der Waals surface area contributed by atoms with Gasteiger partial charge in [-0.2, -0.15) is 0 Å². The van der Waals surface area contributed by atoms with Crippen LogP contribution < -0.4 is 0 Å². The van der Waals surface area contributed by atoms with Gasteiger partial charge in [0.05, 0.1) is 19.5 Å². The smallest absolute Gasteiger partial charge is 0.313 e. The van der Waals surface area contributed by atoms with E-state index in [-0.39, 0.29) is 0 Å². The van der Waals surface area contributed by atoms with E-state index in [0.717, 1.165) is 25.7 Å². The minimum absolute atomic E-state index is 0.589. The van der Waals surface area contributed by atoms with E-state index in [0.29, 0.717) is 13.2 Å². The number of methoxy groups -OCH3 is 3. The van der Waals surface area contributed by atoms with Gasteiger partial charge < -0.3 is 23.7 Å². The van der Waals surface area contributed by atoms with Crippen molar-refractivity contribution in [1.82, 2.24) is 0 Å². The quantitative estimate of drug-likeness (QED) is 0.386. The Balaban J connectivity index is 2.68. The van der Waals surface area contributed by atoms with Crippen molar-refractivity contribution in [2.45, 2.75) is 44.2 Å². The van der Waals surface area contributed by atoms with E-state index < -0.39 is 11.6 Å². The van der Waals surface area contributed by atoms with Gasteiger partial charge in [-0.1, -0.05) is 6.08 Å². The molecule has 1 saturated heterocycles. The first-order valence-corrected chi connectivity index (χ1v) is 6.72. The van der Waals surface area contributed by atoms with E-state index >= 15 is 0 Å². The van der Waals surface area contributed by atoms with Gasteiger partial charge in [-0.25, -0.2) is 0 Å². The predicted molar refractivity (Wildman–Crippen MR) is 71.7 cm³/mol. The van der Waals surface area contributed by atoms with Crippen molar-refractivity contribution >= 4 is 0 Å². The van der Waals surface area contributed by atoms with Crippen LogP contribution in [0.1, 0.15) is 32.6 Å². The lowest BCUT2D eigenvalue weighted by molar-refractivity contribution is -0.445. The molecule has 1 aliphatic heterocycles. The van der Waals surface area contributed by atoms with Crippen LogP contribution >= 0.6 is 0 Å². The normalized spacial score (nSPS) is 26.7. The van der Waals surface area contributed by atoms with Crippen LogP contribution in [0.2, 0.25) is 0 Å². The zero-order chi connectivity index (χ0) is 14.2. The van der Waals surface area contributed by atoms with Crippen molar-refractivity contribution in [3.63, 3.8) is 0 Å². The summed E-state index contributed by atoms with van der Waals surface area (Å²) in [6.07, 6.45) is 6.92. The lowest BCUT2D eigenvalue weighted by atomic mass is 9.87. The van der Waals surface area contributed by atoms with Crippen LogP contribution in [0.4, 0.5) is 0 Å². The van der Waals surface area contributed by atoms with Crippen LogP contribution in [0.5, 0.6) is 0 Å². The molecule has 0 radical (unpaired) electrons. The van der Waals surface area contributed by atoms with Gasteiger partial charge in [0.2, 0.25) is 0 Å². The van der Waals surface area contributed by atoms with E-state index in [4.69, 9.17) is 23.7 Å². The molecule has 0 spiro atoms. The summed E-state index contributed by atoms with van der Waals surface area (Å²) < 4.78 is 27.8. The van der Waals surface area contributed by atoms with Crippen molar-refractivity contribution in [3.05, 3.63) is 12.3 Å². The molecule has 1 unspecified atom stereocenters. The highest BCUT2D eigenvalue weighted by atomic mass is 16.9. The molecule has 0 amide bonds. The average Bonchev–Trinajstić information content (AvgIpc) is 2.47. The molecule has 0 bridgehead atoms. The van der Waals surface area contributed by atoms with Gasteiger partial charge in [0.15, 0.2) is 0 Å². The molecule has 0 aromatic carbocycles. The fraction of sp³-hybridized carbons (Fsp3) is 0.857.